The second-order valence-corrected chi connectivity index (χ2v) is 4.72. The highest BCUT2D eigenvalue weighted by Gasteiger charge is 2.30. The van der Waals surface area contributed by atoms with Crippen molar-refractivity contribution in [2.75, 3.05) is 11.5 Å². The van der Waals surface area contributed by atoms with Gasteiger partial charge in [-0.25, -0.2) is 9.97 Å². The fraction of sp³-hybridized carbons (Fsp3) is 0.583. The molecular formula is C12H17N3O2. The van der Waals surface area contributed by atoms with Crippen LogP contribution in [0, 0.1) is 0 Å². The van der Waals surface area contributed by atoms with Crippen molar-refractivity contribution in [1.82, 2.24) is 9.97 Å². The van der Waals surface area contributed by atoms with Crippen LogP contribution < -0.4 is 9.64 Å². The Bertz CT molecular complexity index is 443. The van der Waals surface area contributed by atoms with Crippen LogP contribution in [-0.2, 0) is 4.79 Å². The van der Waals surface area contributed by atoms with Gasteiger partial charge < -0.3 is 4.74 Å². The third kappa shape index (κ3) is 2.09. The minimum atomic E-state index is -0.0669. The van der Waals surface area contributed by atoms with Gasteiger partial charge in [-0.2, -0.15) is 0 Å². The molecule has 5 nitrogen and oxygen atoms in total. The van der Waals surface area contributed by atoms with Gasteiger partial charge in [0.2, 0.25) is 0 Å². The summed E-state index contributed by atoms with van der Waals surface area (Å²) >= 11 is 0. The van der Waals surface area contributed by atoms with Gasteiger partial charge in [-0.05, 0) is 19.8 Å². The maximum Gasteiger partial charge on any atom is 0.266 e. The zero-order valence-electron chi connectivity index (χ0n) is 10.6. The number of fused-ring (bicyclic) bond motifs is 1. The van der Waals surface area contributed by atoms with Gasteiger partial charge in [-0.15, -0.1) is 0 Å². The van der Waals surface area contributed by atoms with E-state index in [1.807, 2.05) is 27.7 Å². The van der Waals surface area contributed by atoms with Gasteiger partial charge in [0.05, 0.1) is 11.9 Å². The molecule has 0 atom stereocenters. The molecule has 0 unspecified atom stereocenters. The van der Waals surface area contributed by atoms with E-state index in [4.69, 9.17) is 4.74 Å². The molecule has 1 aromatic heterocycles. The van der Waals surface area contributed by atoms with Crippen molar-refractivity contribution >= 4 is 11.7 Å². The van der Waals surface area contributed by atoms with E-state index < -0.39 is 0 Å². The van der Waals surface area contributed by atoms with Gasteiger partial charge in [-0.3, -0.25) is 9.69 Å². The van der Waals surface area contributed by atoms with Crippen molar-refractivity contribution in [3.63, 3.8) is 0 Å². The lowest BCUT2D eigenvalue weighted by Crippen LogP contribution is -2.44. The number of hydrogen-bond donors (Lipinski definition) is 0. The molecule has 92 valence electrons. The van der Waals surface area contributed by atoms with Crippen molar-refractivity contribution in [2.45, 2.75) is 39.7 Å². The lowest BCUT2D eigenvalue weighted by atomic mass is 10.1. The van der Waals surface area contributed by atoms with E-state index in [-0.39, 0.29) is 24.5 Å². The van der Waals surface area contributed by atoms with Crippen molar-refractivity contribution in [1.29, 1.82) is 0 Å². The first-order valence-corrected chi connectivity index (χ1v) is 5.82. The maximum absolute atomic E-state index is 11.8. The number of anilines is 1. The molecule has 0 aliphatic carbocycles. The minimum Gasteiger partial charge on any atom is -0.465 e. The summed E-state index contributed by atoms with van der Waals surface area (Å²) in [5.41, 5.74) is 0.868. The summed E-state index contributed by atoms with van der Waals surface area (Å²) in [6.45, 7) is 8.04. The van der Waals surface area contributed by atoms with Crippen LogP contribution in [0.4, 0.5) is 5.82 Å². The number of carbonyl (C=O) groups is 1. The molecular weight excluding hydrogens is 218 g/mol. The molecule has 2 rings (SSSR count). The molecule has 1 aliphatic heterocycles. The molecule has 2 heterocycles. The van der Waals surface area contributed by atoms with Gasteiger partial charge >= 0.3 is 0 Å². The highest BCUT2D eigenvalue weighted by atomic mass is 16.5. The predicted octanol–water partition coefficient (Wildman–Crippen LogP) is 1.73. The summed E-state index contributed by atoms with van der Waals surface area (Å²) < 4.78 is 5.29. The number of hydrogen-bond acceptors (Lipinski definition) is 4. The van der Waals surface area contributed by atoms with Crippen molar-refractivity contribution in [3.8, 4) is 5.88 Å². The van der Waals surface area contributed by atoms with Crippen molar-refractivity contribution in [3.05, 3.63) is 11.9 Å². The van der Waals surface area contributed by atoms with E-state index in [2.05, 4.69) is 9.97 Å². The number of carbonyl (C=O) groups excluding carboxylic acids is 1. The van der Waals surface area contributed by atoms with Crippen LogP contribution in [0.1, 0.15) is 39.3 Å². The number of nitrogens with zero attached hydrogens (tertiary/aromatic N) is 3. The Hall–Kier alpha value is -1.65. The SMILES string of the molecule is CC(C)c1cnc2c(n1)N(C(C)C)C(=O)CO2. The molecule has 0 saturated carbocycles. The Morgan fingerprint density at radius 3 is 2.65 bits per heavy atom. The summed E-state index contributed by atoms with van der Waals surface area (Å²) in [5, 5.41) is 0. The number of ether oxygens (including phenoxy) is 1. The van der Waals surface area contributed by atoms with Crippen LogP contribution in [0.3, 0.4) is 0 Å². The standard InChI is InChI=1S/C12H17N3O2/c1-7(2)9-5-13-12-11(14-9)15(8(3)4)10(16)6-17-12/h5,7-8H,6H2,1-4H3. The smallest absolute Gasteiger partial charge is 0.266 e. The molecule has 0 N–H and O–H groups in total. The van der Waals surface area contributed by atoms with Gasteiger partial charge in [-0.1, -0.05) is 13.8 Å². The Labute approximate surface area is 101 Å². The summed E-state index contributed by atoms with van der Waals surface area (Å²) in [6, 6.07) is 0.0573. The third-order valence-corrected chi connectivity index (χ3v) is 2.68. The molecule has 0 aromatic carbocycles. The van der Waals surface area contributed by atoms with E-state index in [9.17, 15) is 4.79 Å². The molecule has 1 aromatic rings. The molecule has 0 fully saturated rings. The normalized spacial score (nSPS) is 15.2. The highest BCUT2D eigenvalue weighted by molar-refractivity contribution is 5.96. The van der Waals surface area contributed by atoms with Crippen LogP contribution in [0.25, 0.3) is 0 Å². The average molecular weight is 235 g/mol. The van der Waals surface area contributed by atoms with E-state index in [0.29, 0.717) is 11.7 Å². The lowest BCUT2D eigenvalue weighted by Gasteiger charge is -2.30. The van der Waals surface area contributed by atoms with Crippen LogP contribution in [-0.4, -0.2) is 28.5 Å². The topological polar surface area (TPSA) is 55.3 Å². The first-order valence-electron chi connectivity index (χ1n) is 5.82. The zero-order chi connectivity index (χ0) is 12.6. The zero-order valence-corrected chi connectivity index (χ0v) is 10.6. The van der Waals surface area contributed by atoms with E-state index in [1.54, 1.807) is 11.1 Å². The molecule has 5 heteroatoms. The molecule has 0 bridgehead atoms. The van der Waals surface area contributed by atoms with Crippen LogP contribution in [0.2, 0.25) is 0 Å². The summed E-state index contributed by atoms with van der Waals surface area (Å²) in [7, 11) is 0. The largest absolute Gasteiger partial charge is 0.465 e. The Balaban J connectivity index is 2.48. The average Bonchev–Trinajstić information content (AvgIpc) is 2.27. The number of rotatable bonds is 2. The Morgan fingerprint density at radius 2 is 2.06 bits per heavy atom. The van der Waals surface area contributed by atoms with Crippen molar-refractivity contribution in [2.24, 2.45) is 0 Å². The van der Waals surface area contributed by atoms with E-state index >= 15 is 0 Å². The first kappa shape index (κ1) is 11.8. The van der Waals surface area contributed by atoms with Crippen LogP contribution in [0.5, 0.6) is 5.88 Å². The van der Waals surface area contributed by atoms with Gasteiger partial charge in [0.1, 0.15) is 0 Å². The fourth-order valence-electron chi connectivity index (χ4n) is 1.77. The maximum atomic E-state index is 11.8. The molecule has 1 aliphatic rings. The quantitative estimate of drug-likeness (QED) is 0.783. The monoisotopic (exact) mass is 235 g/mol. The second-order valence-electron chi connectivity index (χ2n) is 4.72. The summed E-state index contributed by atoms with van der Waals surface area (Å²) in [5.74, 6) is 1.20. The van der Waals surface area contributed by atoms with Gasteiger partial charge in [0, 0.05) is 6.04 Å². The highest BCUT2D eigenvalue weighted by Crippen LogP contribution is 2.30. The fourth-order valence-corrected chi connectivity index (χ4v) is 1.77. The van der Waals surface area contributed by atoms with Crippen LogP contribution >= 0.6 is 0 Å². The third-order valence-electron chi connectivity index (χ3n) is 2.68. The van der Waals surface area contributed by atoms with Gasteiger partial charge in [0.15, 0.2) is 12.4 Å². The summed E-state index contributed by atoms with van der Waals surface area (Å²) in [6.07, 6.45) is 1.71. The first-order chi connectivity index (χ1) is 8.00. The van der Waals surface area contributed by atoms with Crippen molar-refractivity contribution < 1.29 is 9.53 Å². The second kappa shape index (κ2) is 4.31. The Morgan fingerprint density at radius 1 is 1.35 bits per heavy atom. The van der Waals surface area contributed by atoms with Gasteiger partial charge in [0.25, 0.3) is 11.8 Å². The lowest BCUT2D eigenvalue weighted by molar-refractivity contribution is -0.121. The van der Waals surface area contributed by atoms with E-state index in [1.165, 1.54) is 0 Å². The number of aromatic nitrogens is 2. The molecule has 0 radical (unpaired) electrons. The molecule has 17 heavy (non-hydrogen) atoms. The van der Waals surface area contributed by atoms with E-state index in [0.717, 1.165) is 5.69 Å². The predicted molar refractivity (Wildman–Crippen MR) is 64.2 cm³/mol. The Kier molecular flexibility index (Phi) is 3.00. The van der Waals surface area contributed by atoms with Crippen LogP contribution in [0.15, 0.2) is 6.20 Å². The molecule has 1 amide bonds. The molecule has 0 saturated heterocycles. The minimum absolute atomic E-state index is 0.0425. The number of amides is 1. The summed E-state index contributed by atoms with van der Waals surface area (Å²) in [4.78, 5) is 22.2. The molecule has 0 spiro atoms.